The highest BCUT2D eigenvalue weighted by molar-refractivity contribution is 6.36. The minimum Gasteiger partial charge on any atom is -0.490 e. The number of halogens is 1. The first-order chi connectivity index (χ1) is 10.5. The molecule has 0 bridgehead atoms. The van der Waals surface area contributed by atoms with E-state index in [1.807, 2.05) is 50.3 Å². The third kappa shape index (κ3) is 2.85. The number of carbonyl (C=O) groups is 1. The standard InChI is InChI=1S/C18H16ClNO2/c1-11(2)22-17-6-4-3-5-12(17)9-15-14-10-13(19)7-8-16(14)20-18(15)21/h3-11H,1-2H3,(H,20,21). The van der Waals surface area contributed by atoms with Gasteiger partial charge in [-0.15, -0.1) is 0 Å². The van der Waals surface area contributed by atoms with Crippen molar-refractivity contribution in [3.63, 3.8) is 0 Å². The maximum atomic E-state index is 12.2. The van der Waals surface area contributed by atoms with Crippen molar-refractivity contribution >= 4 is 34.8 Å². The third-order valence-electron chi connectivity index (χ3n) is 3.35. The molecule has 0 saturated heterocycles. The summed E-state index contributed by atoms with van der Waals surface area (Å²) in [6.45, 7) is 3.95. The lowest BCUT2D eigenvalue weighted by Gasteiger charge is -2.12. The number of ether oxygens (including phenoxy) is 1. The average Bonchev–Trinajstić information content (AvgIpc) is 2.76. The van der Waals surface area contributed by atoms with Gasteiger partial charge in [0.1, 0.15) is 5.75 Å². The van der Waals surface area contributed by atoms with Gasteiger partial charge >= 0.3 is 0 Å². The fourth-order valence-corrected chi connectivity index (χ4v) is 2.59. The number of hydrogen-bond donors (Lipinski definition) is 1. The van der Waals surface area contributed by atoms with Crippen LogP contribution in [0.15, 0.2) is 42.5 Å². The Hall–Kier alpha value is -2.26. The molecule has 0 fully saturated rings. The van der Waals surface area contributed by atoms with Crippen LogP contribution in [-0.2, 0) is 4.79 Å². The molecule has 1 N–H and O–H groups in total. The highest BCUT2D eigenvalue weighted by Crippen LogP contribution is 2.36. The molecule has 22 heavy (non-hydrogen) atoms. The van der Waals surface area contributed by atoms with Crippen molar-refractivity contribution in [2.45, 2.75) is 20.0 Å². The molecular weight excluding hydrogens is 298 g/mol. The summed E-state index contributed by atoms with van der Waals surface area (Å²) in [6.07, 6.45) is 1.91. The smallest absolute Gasteiger partial charge is 0.256 e. The van der Waals surface area contributed by atoms with Crippen LogP contribution in [-0.4, -0.2) is 12.0 Å². The summed E-state index contributed by atoms with van der Waals surface area (Å²) in [4.78, 5) is 12.2. The molecular formula is C18H16ClNO2. The van der Waals surface area contributed by atoms with Crippen LogP contribution >= 0.6 is 11.6 Å². The second-order valence-electron chi connectivity index (χ2n) is 5.41. The van der Waals surface area contributed by atoms with Gasteiger partial charge in [-0.3, -0.25) is 4.79 Å². The first kappa shape index (κ1) is 14.7. The van der Waals surface area contributed by atoms with Gasteiger partial charge in [0.05, 0.1) is 6.10 Å². The van der Waals surface area contributed by atoms with Crippen molar-refractivity contribution in [2.75, 3.05) is 5.32 Å². The van der Waals surface area contributed by atoms with Gasteiger partial charge in [-0.05, 0) is 44.2 Å². The maximum Gasteiger partial charge on any atom is 0.256 e. The van der Waals surface area contributed by atoms with Gasteiger partial charge in [-0.2, -0.15) is 0 Å². The Morgan fingerprint density at radius 1 is 1.18 bits per heavy atom. The largest absolute Gasteiger partial charge is 0.490 e. The molecule has 0 aromatic heterocycles. The fraction of sp³-hybridized carbons (Fsp3) is 0.167. The second-order valence-corrected chi connectivity index (χ2v) is 5.84. The fourth-order valence-electron chi connectivity index (χ4n) is 2.42. The number of rotatable bonds is 3. The molecule has 2 aromatic carbocycles. The van der Waals surface area contributed by atoms with Crippen LogP contribution < -0.4 is 10.1 Å². The van der Waals surface area contributed by atoms with Gasteiger partial charge in [0.25, 0.3) is 5.91 Å². The van der Waals surface area contributed by atoms with E-state index in [0.717, 1.165) is 22.6 Å². The van der Waals surface area contributed by atoms with Gasteiger partial charge in [0.2, 0.25) is 0 Å². The molecule has 3 nitrogen and oxygen atoms in total. The van der Waals surface area contributed by atoms with Crippen LogP contribution in [0.2, 0.25) is 5.02 Å². The first-order valence-electron chi connectivity index (χ1n) is 7.13. The van der Waals surface area contributed by atoms with Crippen LogP contribution in [0.1, 0.15) is 25.0 Å². The number of hydrogen-bond acceptors (Lipinski definition) is 2. The van der Waals surface area contributed by atoms with E-state index in [0.29, 0.717) is 10.6 Å². The zero-order valence-electron chi connectivity index (χ0n) is 12.4. The van der Waals surface area contributed by atoms with E-state index >= 15 is 0 Å². The maximum absolute atomic E-state index is 12.2. The number of fused-ring (bicyclic) bond motifs is 1. The van der Waals surface area contributed by atoms with E-state index in [2.05, 4.69) is 5.32 Å². The van der Waals surface area contributed by atoms with Crippen molar-refractivity contribution in [1.29, 1.82) is 0 Å². The van der Waals surface area contributed by atoms with Crippen LogP contribution in [0.4, 0.5) is 5.69 Å². The first-order valence-corrected chi connectivity index (χ1v) is 7.51. The van der Waals surface area contributed by atoms with Gasteiger partial charge in [0.15, 0.2) is 0 Å². The lowest BCUT2D eigenvalue weighted by molar-refractivity contribution is -0.110. The molecule has 3 rings (SSSR count). The van der Waals surface area contributed by atoms with Crippen molar-refractivity contribution in [3.05, 3.63) is 58.6 Å². The quantitative estimate of drug-likeness (QED) is 0.840. The lowest BCUT2D eigenvalue weighted by Crippen LogP contribution is -2.07. The van der Waals surface area contributed by atoms with E-state index < -0.39 is 0 Å². The van der Waals surface area contributed by atoms with E-state index in [4.69, 9.17) is 16.3 Å². The van der Waals surface area contributed by atoms with Crippen molar-refractivity contribution < 1.29 is 9.53 Å². The number of benzene rings is 2. The summed E-state index contributed by atoms with van der Waals surface area (Å²) >= 11 is 6.05. The Balaban J connectivity index is 2.07. The highest BCUT2D eigenvalue weighted by Gasteiger charge is 2.24. The number of para-hydroxylation sites is 1. The minimum atomic E-state index is -0.128. The predicted octanol–water partition coefficient (Wildman–Crippen LogP) is 4.62. The van der Waals surface area contributed by atoms with Gasteiger partial charge in [-0.1, -0.05) is 29.8 Å². The zero-order chi connectivity index (χ0) is 15.7. The summed E-state index contributed by atoms with van der Waals surface area (Å²) in [5, 5.41) is 3.45. The van der Waals surface area contributed by atoms with Crippen LogP contribution in [0, 0.1) is 0 Å². The molecule has 4 heteroatoms. The number of nitrogens with one attached hydrogen (secondary N) is 1. The third-order valence-corrected chi connectivity index (χ3v) is 3.58. The van der Waals surface area contributed by atoms with E-state index in [9.17, 15) is 4.79 Å². The van der Waals surface area contributed by atoms with Gasteiger partial charge in [-0.25, -0.2) is 0 Å². The van der Waals surface area contributed by atoms with E-state index in [1.165, 1.54) is 0 Å². The summed E-state index contributed by atoms with van der Waals surface area (Å²) in [5.41, 5.74) is 3.06. The molecule has 1 heterocycles. The van der Waals surface area contributed by atoms with Gasteiger partial charge in [0, 0.05) is 27.4 Å². The lowest BCUT2D eigenvalue weighted by atomic mass is 10.0. The molecule has 1 aliphatic rings. The molecule has 0 spiro atoms. The predicted molar refractivity (Wildman–Crippen MR) is 90.2 cm³/mol. The number of carbonyl (C=O) groups excluding carboxylic acids is 1. The molecule has 0 aliphatic carbocycles. The normalized spacial score (nSPS) is 15.1. The minimum absolute atomic E-state index is 0.0682. The Morgan fingerprint density at radius 3 is 2.73 bits per heavy atom. The summed E-state index contributed by atoms with van der Waals surface area (Å²) in [6, 6.07) is 13.0. The molecule has 2 aromatic rings. The summed E-state index contributed by atoms with van der Waals surface area (Å²) < 4.78 is 5.80. The molecule has 1 amide bonds. The average molecular weight is 314 g/mol. The molecule has 0 radical (unpaired) electrons. The van der Waals surface area contributed by atoms with Gasteiger partial charge < -0.3 is 10.1 Å². The Morgan fingerprint density at radius 2 is 1.95 bits per heavy atom. The molecule has 0 unspecified atom stereocenters. The number of amides is 1. The Bertz CT molecular complexity index is 765. The van der Waals surface area contributed by atoms with Crippen molar-refractivity contribution in [2.24, 2.45) is 0 Å². The van der Waals surface area contributed by atoms with Crippen LogP contribution in [0.5, 0.6) is 5.75 Å². The van der Waals surface area contributed by atoms with Crippen molar-refractivity contribution in [1.82, 2.24) is 0 Å². The topological polar surface area (TPSA) is 38.3 Å². The molecule has 0 saturated carbocycles. The van der Waals surface area contributed by atoms with Crippen molar-refractivity contribution in [3.8, 4) is 5.75 Å². The Labute approximate surface area is 134 Å². The monoisotopic (exact) mass is 313 g/mol. The summed E-state index contributed by atoms with van der Waals surface area (Å²) in [7, 11) is 0. The zero-order valence-corrected chi connectivity index (χ0v) is 13.1. The van der Waals surface area contributed by atoms with E-state index in [-0.39, 0.29) is 12.0 Å². The summed E-state index contributed by atoms with van der Waals surface area (Å²) in [5.74, 6) is 0.630. The molecule has 1 aliphatic heterocycles. The Kier molecular flexibility index (Phi) is 3.90. The van der Waals surface area contributed by atoms with Crippen LogP contribution in [0.3, 0.4) is 0 Å². The number of anilines is 1. The highest BCUT2D eigenvalue weighted by atomic mass is 35.5. The van der Waals surface area contributed by atoms with Crippen LogP contribution in [0.25, 0.3) is 11.6 Å². The second kappa shape index (κ2) is 5.85. The molecule has 112 valence electrons. The molecule has 0 atom stereocenters. The SMILES string of the molecule is CC(C)Oc1ccccc1C=C1C(=O)Nc2ccc(Cl)cc21. The van der Waals surface area contributed by atoms with E-state index in [1.54, 1.807) is 12.1 Å².